The van der Waals surface area contributed by atoms with Crippen molar-refractivity contribution < 1.29 is 19.4 Å². The summed E-state index contributed by atoms with van der Waals surface area (Å²) in [6.45, 7) is 1.70. The number of halogens is 1. The maximum Gasteiger partial charge on any atom is 0.321 e. The molecule has 7 heteroatoms. The predicted molar refractivity (Wildman–Crippen MR) is 84.2 cm³/mol. The molecule has 1 unspecified atom stereocenters. The monoisotopic (exact) mass is 392 g/mol. The van der Waals surface area contributed by atoms with Crippen molar-refractivity contribution in [2.75, 3.05) is 26.0 Å². The van der Waals surface area contributed by atoms with Gasteiger partial charge in [0.05, 0.1) is 18.7 Å². The van der Waals surface area contributed by atoms with E-state index >= 15 is 0 Å². The first-order valence-electron chi connectivity index (χ1n) is 5.93. The summed E-state index contributed by atoms with van der Waals surface area (Å²) in [4.78, 5) is 24.1. The van der Waals surface area contributed by atoms with Crippen LogP contribution in [0, 0.1) is 9.49 Å². The van der Waals surface area contributed by atoms with Crippen molar-refractivity contribution in [2.24, 2.45) is 5.92 Å². The summed E-state index contributed by atoms with van der Waals surface area (Å²) in [6.07, 6.45) is 0. The van der Waals surface area contributed by atoms with Gasteiger partial charge in [-0.2, -0.15) is 0 Å². The molecule has 6 nitrogen and oxygen atoms in total. The zero-order valence-corrected chi connectivity index (χ0v) is 13.7. The lowest BCUT2D eigenvalue weighted by Gasteiger charge is -2.20. The van der Waals surface area contributed by atoms with Crippen LogP contribution in [0.2, 0.25) is 0 Å². The second-order valence-corrected chi connectivity index (χ2v) is 5.56. The molecule has 0 radical (unpaired) electrons. The van der Waals surface area contributed by atoms with Crippen LogP contribution in [0.4, 0.5) is 10.5 Å². The maximum absolute atomic E-state index is 12.0. The summed E-state index contributed by atoms with van der Waals surface area (Å²) in [7, 11) is 3.11. The number of hydrogen-bond acceptors (Lipinski definition) is 3. The first-order chi connectivity index (χ1) is 9.35. The number of benzene rings is 1. The van der Waals surface area contributed by atoms with Crippen LogP contribution in [0.3, 0.4) is 0 Å². The highest BCUT2D eigenvalue weighted by Crippen LogP contribution is 2.24. The van der Waals surface area contributed by atoms with E-state index in [1.54, 1.807) is 33.2 Å². The maximum atomic E-state index is 12.0. The fourth-order valence-corrected chi connectivity index (χ4v) is 1.98. The van der Waals surface area contributed by atoms with Gasteiger partial charge < -0.3 is 20.1 Å². The van der Waals surface area contributed by atoms with Gasteiger partial charge >= 0.3 is 12.0 Å². The van der Waals surface area contributed by atoms with Crippen molar-refractivity contribution in [1.29, 1.82) is 0 Å². The highest BCUT2D eigenvalue weighted by atomic mass is 127. The topological polar surface area (TPSA) is 78.9 Å². The van der Waals surface area contributed by atoms with Crippen molar-refractivity contribution in [1.82, 2.24) is 4.90 Å². The third kappa shape index (κ3) is 4.55. The highest BCUT2D eigenvalue weighted by molar-refractivity contribution is 14.1. The van der Waals surface area contributed by atoms with E-state index in [-0.39, 0.29) is 12.6 Å². The number of hydrogen-bond donors (Lipinski definition) is 2. The molecule has 0 aliphatic rings. The van der Waals surface area contributed by atoms with Gasteiger partial charge in [0.2, 0.25) is 0 Å². The lowest BCUT2D eigenvalue weighted by molar-refractivity contribution is -0.141. The quantitative estimate of drug-likeness (QED) is 0.755. The number of rotatable bonds is 5. The van der Waals surface area contributed by atoms with E-state index in [1.807, 2.05) is 6.07 Å². The highest BCUT2D eigenvalue weighted by Gasteiger charge is 2.18. The summed E-state index contributed by atoms with van der Waals surface area (Å²) >= 11 is 2.10. The first-order valence-corrected chi connectivity index (χ1v) is 7.01. The molecule has 0 saturated carbocycles. The van der Waals surface area contributed by atoms with Crippen LogP contribution in [0.5, 0.6) is 5.75 Å². The molecule has 0 saturated heterocycles. The lowest BCUT2D eigenvalue weighted by atomic mass is 10.2. The van der Waals surface area contributed by atoms with Crippen LogP contribution < -0.4 is 10.1 Å². The molecule has 1 atom stereocenters. The van der Waals surface area contributed by atoms with E-state index in [9.17, 15) is 9.59 Å². The molecule has 0 bridgehead atoms. The van der Waals surface area contributed by atoms with Crippen molar-refractivity contribution in [2.45, 2.75) is 6.92 Å². The van der Waals surface area contributed by atoms with E-state index in [4.69, 9.17) is 9.84 Å². The Hall–Kier alpha value is -1.51. The van der Waals surface area contributed by atoms with Crippen LogP contribution in [0.25, 0.3) is 0 Å². The summed E-state index contributed by atoms with van der Waals surface area (Å²) in [5.41, 5.74) is 0.629. The minimum absolute atomic E-state index is 0.141. The molecular formula is C13H17IN2O4. The molecule has 0 aliphatic heterocycles. The van der Waals surface area contributed by atoms with Gasteiger partial charge in [0.15, 0.2) is 0 Å². The van der Waals surface area contributed by atoms with E-state index < -0.39 is 11.9 Å². The minimum Gasteiger partial charge on any atom is -0.497 e. The smallest absolute Gasteiger partial charge is 0.321 e. The molecule has 2 N–H and O–H groups in total. The molecule has 1 aromatic carbocycles. The number of carbonyl (C=O) groups excluding carboxylic acids is 1. The first kappa shape index (κ1) is 16.5. The number of nitrogens with one attached hydrogen (secondary N) is 1. The Labute approximate surface area is 131 Å². The molecule has 0 aliphatic carbocycles. The van der Waals surface area contributed by atoms with Gasteiger partial charge in [-0.25, -0.2) is 4.79 Å². The van der Waals surface area contributed by atoms with Gasteiger partial charge in [-0.1, -0.05) is 6.92 Å². The number of anilines is 1. The third-order valence-corrected chi connectivity index (χ3v) is 3.67. The molecule has 20 heavy (non-hydrogen) atoms. The van der Waals surface area contributed by atoms with Crippen LogP contribution in [0.15, 0.2) is 18.2 Å². The normalized spacial score (nSPS) is 11.6. The van der Waals surface area contributed by atoms with Crippen molar-refractivity contribution in [3.05, 3.63) is 21.8 Å². The zero-order chi connectivity index (χ0) is 15.3. The summed E-state index contributed by atoms with van der Waals surface area (Å²) in [5.74, 6) is -0.905. The second-order valence-electron chi connectivity index (χ2n) is 4.40. The van der Waals surface area contributed by atoms with E-state index in [2.05, 4.69) is 27.9 Å². The van der Waals surface area contributed by atoms with E-state index in [0.717, 1.165) is 3.57 Å². The molecule has 1 rings (SSSR count). The molecule has 1 aromatic rings. The Morgan fingerprint density at radius 3 is 2.70 bits per heavy atom. The van der Waals surface area contributed by atoms with Crippen molar-refractivity contribution >= 4 is 40.3 Å². The minimum atomic E-state index is -0.930. The van der Waals surface area contributed by atoms with E-state index in [1.165, 1.54) is 4.90 Å². The average Bonchev–Trinajstić information content (AvgIpc) is 2.40. The number of methoxy groups -OCH3 is 1. The van der Waals surface area contributed by atoms with Gasteiger partial charge in [-0.3, -0.25) is 4.79 Å². The fraction of sp³-hybridized carbons (Fsp3) is 0.385. The van der Waals surface area contributed by atoms with Gasteiger partial charge in [0, 0.05) is 23.2 Å². The average molecular weight is 392 g/mol. The largest absolute Gasteiger partial charge is 0.497 e. The van der Waals surface area contributed by atoms with Gasteiger partial charge in [-0.05, 0) is 34.7 Å². The second kappa shape index (κ2) is 7.32. The number of aliphatic carboxylic acids is 1. The number of nitrogens with zero attached hydrogens (tertiary/aromatic N) is 1. The lowest BCUT2D eigenvalue weighted by Crippen LogP contribution is -2.36. The van der Waals surface area contributed by atoms with Gasteiger partial charge in [0.25, 0.3) is 0 Å². The van der Waals surface area contributed by atoms with Crippen LogP contribution in [-0.2, 0) is 4.79 Å². The number of carboxylic acid groups (broad SMARTS) is 1. The van der Waals surface area contributed by atoms with Crippen molar-refractivity contribution in [3.63, 3.8) is 0 Å². The summed E-state index contributed by atoms with van der Waals surface area (Å²) in [5, 5.41) is 11.6. The molecular weight excluding hydrogens is 375 g/mol. The number of carboxylic acids is 1. The molecule has 2 amide bonds. The third-order valence-electron chi connectivity index (χ3n) is 2.73. The standard InChI is InChI=1S/C13H17IN2O4/c1-8(12(17)18)7-16(2)13(19)15-11-6-9(20-3)4-5-10(11)14/h4-6,8H,7H2,1-3H3,(H,15,19)(H,17,18). The van der Waals surface area contributed by atoms with Gasteiger partial charge in [-0.15, -0.1) is 0 Å². The Morgan fingerprint density at radius 1 is 1.50 bits per heavy atom. The van der Waals surface area contributed by atoms with Crippen molar-refractivity contribution in [3.8, 4) is 5.75 Å². The van der Waals surface area contributed by atoms with Gasteiger partial charge in [0.1, 0.15) is 5.75 Å². The molecule has 0 fully saturated rings. The summed E-state index contributed by atoms with van der Waals surface area (Å²) in [6, 6.07) is 4.99. The number of carbonyl (C=O) groups is 2. The predicted octanol–water partition coefficient (Wildman–Crippen LogP) is 2.48. The zero-order valence-electron chi connectivity index (χ0n) is 11.5. The number of ether oxygens (including phenoxy) is 1. The molecule has 0 spiro atoms. The van der Waals surface area contributed by atoms with Crippen LogP contribution in [0.1, 0.15) is 6.92 Å². The summed E-state index contributed by atoms with van der Waals surface area (Å²) < 4.78 is 5.97. The number of urea groups is 1. The Bertz CT molecular complexity index is 507. The Kier molecular flexibility index (Phi) is 6.05. The fourth-order valence-electron chi connectivity index (χ4n) is 1.51. The Morgan fingerprint density at radius 2 is 2.15 bits per heavy atom. The number of amides is 2. The molecule has 110 valence electrons. The van der Waals surface area contributed by atoms with E-state index in [0.29, 0.717) is 11.4 Å². The molecule has 0 aromatic heterocycles. The molecule has 0 heterocycles. The van der Waals surface area contributed by atoms with Crippen LogP contribution in [-0.4, -0.2) is 42.7 Å². The SMILES string of the molecule is COc1ccc(I)c(NC(=O)N(C)CC(C)C(=O)O)c1. The van der Waals surface area contributed by atoms with Crippen LogP contribution >= 0.6 is 22.6 Å². The Balaban J connectivity index is 2.72.